The van der Waals surface area contributed by atoms with Gasteiger partial charge in [0.25, 0.3) is 5.91 Å². The number of hydrogen-bond donors (Lipinski definition) is 0. The van der Waals surface area contributed by atoms with Gasteiger partial charge in [0, 0.05) is 39.1 Å². The fourth-order valence-corrected chi connectivity index (χ4v) is 2.51. The van der Waals surface area contributed by atoms with Crippen LogP contribution in [0.4, 0.5) is 0 Å². The van der Waals surface area contributed by atoms with E-state index in [0.717, 1.165) is 11.3 Å². The lowest BCUT2D eigenvalue weighted by Crippen LogP contribution is -2.49. The first-order chi connectivity index (χ1) is 10.0. The minimum atomic E-state index is -0.196. The number of benzene rings is 1. The van der Waals surface area contributed by atoms with Crippen LogP contribution in [0.15, 0.2) is 48.7 Å². The summed E-state index contributed by atoms with van der Waals surface area (Å²) < 4.78 is 2.04. The Morgan fingerprint density at radius 2 is 1.81 bits per heavy atom. The summed E-state index contributed by atoms with van der Waals surface area (Å²) in [7, 11) is 1.86. The van der Waals surface area contributed by atoms with Crippen molar-refractivity contribution in [1.82, 2.24) is 4.90 Å². The van der Waals surface area contributed by atoms with Crippen molar-refractivity contribution in [2.45, 2.75) is 33.4 Å². The van der Waals surface area contributed by atoms with Crippen LogP contribution in [0, 0.1) is 13.8 Å². The van der Waals surface area contributed by atoms with Gasteiger partial charge in [0.2, 0.25) is 6.04 Å². The first-order valence-electron chi connectivity index (χ1n) is 7.27. The Labute approximate surface area is 126 Å². The Balaban J connectivity index is 2.13. The van der Waals surface area contributed by atoms with E-state index in [9.17, 15) is 4.79 Å². The van der Waals surface area contributed by atoms with E-state index in [4.69, 9.17) is 0 Å². The van der Waals surface area contributed by atoms with Crippen LogP contribution >= 0.6 is 0 Å². The molecule has 1 heterocycles. The quantitative estimate of drug-likeness (QED) is 0.792. The largest absolute Gasteiger partial charge is 0.336 e. The fourth-order valence-electron chi connectivity index (χ4n) is 2.51. The summed E-state index contributed by atoms with van der Waals surface area (Å²) in [4.78, 5) is 14.4. The third-order valence-corrected chi connectivity index (χ3v) is 3.96. The van der Waals surface area contributed by atoms with Crippen LogP contribution in [0.2, 0.25) is 0 Å². The second-order valence-electron chi connectivity index (χ2n) is 5.54. The van der Waals surface area contributed by atoms with E-state index >= 15 is 0 Å². The Bertz CT molecular complexity index is 622. The Morgan fingerprint density at radius 3 is 2.48 bits per heavy atom. The predicted octanol–water partition coefficient (Wildman–Crippen LogP) is 2.81. The highest BCUT2D eigenvalue weighted by atomic mass is 16.2. The van der Waals surface area contributed by atoms with E-state index in [-0.39, 0.29) is 11.9 Å². The second-order valence-corrected chi connectivity index (χ2v) is 5.54. The maximum Gasteiger partial charge on any atom is 0.291 e. The number of aromatic nitrogens is 1. The second kappa shape index (κ2) is 6.53. The van der Waals surface area contributed by atoms with Crippen LogP contribution in [0.5, 0.6) is 0 Å². The zero-order valence-corrected chi connectivity index (χ0v) is 13.2. The molecule has 2 aromatic rings. The van der Waals surface area contributed by atoms with Gasteiger partial charge in [-0.3, -0.25) is 4.79 Å². The van der Waals surface area contributed by atoms with Gasteiger partial charge in [-0.05, 0) is 18.6 Å². The molecule has 0 N–H and O–H groups in total. The average Bonchev–Trinajstić information content (AvgIpc) is 2.49. The summed E-state index contributed by atoms with van der Waals surface area (Å²) in [5.41, 5.74) is 3.47. The highest BCUT2D eigenvalue weighted by Gasteiger charge is 2.27. The summed E-state index contributed by atoms with van der Waals surface area (Å²) in [5.74, 6) is 0.123. The van der Waals surface area contributed by atoms with E-state index < -0.39 is 0 Å². The monoisotopic (exact) mass is 283 g/mol. The fraction of sp³-hybridized carbons (Fsp3) is 0.333. The van der Waals surface area contributed by atoms with Crippen molar-refractivity contribution in [3.05, 3.63) is 65.5 Å². The first-order valence-corrected chi connectivity index (χ1v) is 7.27. The molecule has 0 aliphatic carbocycles. The SMILES string of the molecule is Cc1ccc[n+]([C@@H](C)C(=O)N(C)Cc2ccccc2)c1C. The van der Waals surface area contributed by atoms with E-state index in [0.29, 0.717) is 6.54 Å². The first kappa shape index (κ1) is 15.2. The standard InChI is InChI=1S/C18H23N2O/c1-14-9-8-12-20(15(14)2)16(3)18(21)19(4)13-17-10-6-5-7-11-17/h5-12,16H,13H2,1-4H3/q+1/t16-/m0/s1. The predicted molar refractivity (Wildman–Crippen MR) is 83.7 cm³/mol. The molecule has 0 aliphatic heterocycles. The zero-order chi connectivity index (χ0) is 15.4. The molecule has 21 heavy (non-hydrogen) atoms. The smallest absolute Gasteiger partial charge is 0.291 e. The highest BCUT2D eigenvalue weighted by Crippen LogP contribution is 2.09. The molecular weight excluding hydrogens is 260 g/mol. The lowest BCUT2D eigenvalue weighted by molar-refractivity contribution is -0.712. The topological polar surface area (TPSA) is 24.2 Å². The van der Waals surface area contributed by atoms with Gasteiger partial charge in [-0.15, -0.1) is 0 Å². The van der Waals surface area contributed by atoms with Crippen molar-refractivity contribution < 1.29 is 9.36 Å². The van der Waals surface area contributed by atoms with Crippen molar-refractivity contribution in [1.29, 1.82) is 0 Å². The minimum Gasteiger partial charge on any atom is -0.336 e. The molecule has 0 saturated carbocycles. The van der Waals surface area contributed by atoms with Crippen molar-refractivity contribution in [2.75, 3.05) is 7.05 Å². The molecule has 0 saturated heterocycles. The van der Waals surface area contributed by atoms with Crippen molar-refractivity contribution in [2.24, 2.45) is 0 Å². The van der Waals surface area contributed by atoms with Crippen molar-refractivity contribution in [3.8, 4) is 0 Å². The van der Waals surface area contributed by atoms with Gasteiger partial charge in [-0.1, -0.05) is 30.3 Å². The van der Waals surface area contributed by atoms with Gasteiger partial charge in [0.1, 0.15) is 0 Å². The Kier molecular flexibility index (Phi) is 4.73. The molecule has 0 radical (unpaired) electrons. The number of carbonyl (C=O) groups excluding carboxylic acids is 1. The molecule has 0 fully saturated rings. The molecular formula is C18H23N2O+. The molecule has 2 rings (SSSR count). The number of hydrogen-bond acceptors (Lipinski definition) is 1. The van der Waals surface area contributed by atoms with E-state index in [2.05, 4.69) is 19.9 Å². The molecule has 0 unspecified atom stereocenters. The summed E-state index contributed by atoms with van der Waals surface area (Å²) in [6.07, 6.45) is 1.97. The Hall–Kier alpha value is -2.16. The third kappa shape index (κ3) is 3.48. The van der Waals surface area contributed by atoms with Crippen LogP contribution in [-0.4, -0.2) is 17.9 Å². The number of pyridine rings is 1. The molecule has 1 atom stereocenters. The summed E-state index contributed by atoms with van der Waals surface area (Å²) >= 11 is 0. The number of amides is 1. The average molecular weight is 283 g/mol. The molecule has 1 amide bonds. The van der Waals surface area contributed by atoms with Gasteiger partial charge < -0.3 is 4.90 Å². The number of likely N-dealkylation sites (N-methyl/N-ethyl adjacent to an activating group) is 1. The van der Waals surface area contributed by atoms with E-state index in [1.807, 2.05) is 61.1 Å². The molecule has 1 aromatic heterocycles. The lowest BCUT2D eigenvalue weighted by Gasteiger charge is -2.19. The van der Waals surface area contributed by atoms with Crippen LogP contribution in [0.3, 0.4) is 0 Å². The number of aryl methyl sites for hydroxylation is 1. The molecule has 1 aromatic carbocycles. The van der Waals surface area contributed by atoms with Gasteiger partial charge in [-0.2, -0.15) is 4.57 Å². The molecule has 110 valence electrons. The summed E-state index contributed by atoms with van der Waals surface area (Å²) in [6.45, 7) is 6.71. The molecule has 3 nitrogen and oxygen atoms in total. The lowest BCUT2D eigenvalue weighted by atomic mass is 10.1. The maximum atomic E-state index is 12.6. The number of carbonyl (C=O) groups is 1. The van der Waals surface area contributed by atoms with E-state index in [1.165, 1.54) is 5.56 Å². The van der Waals surface area contributed by atoms with Crippen LogP contribution < -0.4 is 4.57 Å². The molecule has 0 aliphatic rings. The van der Waals surface area contributed by atoms with E-state index in [1.54, 1.807) is 4.90 Å². The number of rotatable bonds is 4. The Morgan fingerprint density at radius 1 is 1.14 bits per heavy atom. The molecule has 0 spiro atoms. The molecule has 0 bridgehead atoms. The van der Waals surface area contributed by atoms with Crippen LogP contribution in [0.25, 0.3) is 0 Å². The zero-order valence-electron chi connectivity index (χ0n) is 13.2. The van der Waals surface area contributed by atoms with Crippen molar-refractivity contribution >= 4 is 5.91 Å². The molecule has 3 heteroatoms. The summed E-state index contributed by atoms with van der Waals surface area (Å²) in [5, 5.41) is 0. The highest BCUT2D eigenvalue weighted by molar-refractivity contribution is 5.78. The summed E-state index contributed by atoms with van der Waals surface area (Å²) in [6, 6.07) is 13.9. The van der Waals surface area contributed by atoms with Crippen molar-refractivity contribution in [3.63, 3.8) is 0 Å². The minimum absolute atomic E-state index is 0.123. The van der Waals surface area contributed by atoms with Crippen LogP contribution in [0.1, 0.15) is 29.8 Å². The third-order valence-electron chi connectivity index (χ3n) is 3.96. The van der Waals surface area contributed by atoms with Gasteiger partial charge in [0.15, 0.2) is 11.9 Å². The maximum absolute atomic E-state index is 12.6. The number of nitrogens with zero attached hydrogens (tertiary/aromatic N) is 2. The van der Waals surface area contributed by atoms with Gasteiger partial charge in [-0.25, -0.2) is 0 Å². The van der Waals surface area contributed by atoms with Gasteiger partial charge in [0.05, 0.1) is 0 Å². The van der Waals surface area contributed by atoms with Crippen LogP contribution in [-0.2, 0) is 11.3 Å². The normalized spacial score (nSPS) is 12.0. The van der Waals surface area contributed by atoms with Gasteiger partial charge >= 0.3 is 0 Å².